The molecule has 192 valence electrons. The van der Waals surface area contributed by atoms with Crippen LogP contribution in [-0.4, -0.2) is 66.7 Å². The van der Waals surface area contributed by atoms with E-state index in [0.717, 1.165) is 0 Å². The van der Waals surface area contributed by atoms with Gasteiger partial charge in [-0.25, -0.2) is 9.59 Å². The van der Waals surface area contributed by atoms with E-state index >= 15 is 0 Å². The first-order chi connectivity index (χ1) is 14.5. The van der Waals surface area contributed by atoms with Crippen molar-refractivity contribution in [3.8, 4) is 0 Å². The lowest BCUT2D eigenvalue weighted by atomic mass is 10.4. The van der Waals surface area contributed by atoms with Gasteiger partial charge in [-0.1, -0.05) is 13.2 Å². The molecule has 0 fully saturated rings. The highest BCUT2D eigenvalue weighted by atomic mass is 28.5. The van der Waals surface area contributed by atoms with Crippen LogP contribution >= 0.6 is 0 Å². The van der Waals surface area contributed by atoms with Crippen molar-refractivity contribution in [3.63, 3.8) is 0 Å². The molecule has 0 radical (unpaired) electrons. The van der Waals surface area contributed by atoms with Gasteiger partial charge in [0.1, 0.15) is 12.5 Å². The minimum atomic E-state index is -2.62. The minimum absolute atomic E-state index is 0.230. The molecule has 0 aliphatic heterocycles. The van der Waals surface area contributed by atoms with Crippen molar-refractivity contribution in [1.29, 1.82) is 0 Å². The normalized spacial score (nSPS) is 13.5. The molecule has 0 bridgehead atoms. The second kappa shape index (κ2) is 11.9. The van der Waals surface area contributed by atoms with Gasteiger partial charge in [0, 0.05) is 11.1 Å². The largest absolute Gasteiger partial charge is 0.463 e. The Morgan fingerprint density at radius 3 is 1.03 bits per heavy atom. The van der Waals surface area contributed by atoms with Gasteiger partial charge >= 0.3 is 37.6 Å². The summed E-state index contributed by atoms with van der Waals surface area (Å²) in [6.07, 6.45) is 0.459. The van der Waals surface area contributed by atoms with Crippen molar-refractivity contribution in [2.75, 3.05) is 12.5 Å². The van der Waals surface area contributed by atoms with E-state index in [4.69, 9.17) is 25.9 Å². The van der Waals surface area contributed by atoms with E-state index in [1.165, 1.54) is 0 Å². The van der Waals surface area contributed by atoms with E-state index in [0.29, 0.717) is 11.1 Å². The number of carbonyl (C=O) groups excluding carboxylic acids is 2. The van der Waals surface area contributed by atoms with Crippen LogP contribution < -0.4 is 0 Å². The molecule has 0 unspecified atom stereocenters. The number of carbonyl (C=O) groups is 2. The predicted molar refractivity (Wildman–Crippen MR) is 143 cm³/mol. The van der Waals surface area contributed by atoms with Gasteiger partial charge in [0.15, 0.2) is 0 Å². The van der Waals surface area contributed by atoms with Crippen LogP contribution in [0.1, 0.15) is 13.8 Å². The lowest BCUT2D eigenvalue weighted by molar-refractivity contribution is -0.138. The Balaban J connectivity index is 5.07. The predicted octanol–water partition coefficient (Wildman–Crippen LogP) is 4.89. The SMILES string of the molecule is C=C(C)C(=O)OC[Si](C)(C)O[Si](C)(C)O[Si](C)(C)O[Si](C)(C)O[Si](C)(C)COC(=O)C(=C)C. The van der Waals surface area contributed by atoms with Gasteiger partial charge < -0.3 is 25.9 Å². The summed E-state index contributed by atoms with van der Waals surface area (Å²) in [4.78, 5) is 23.5. The number of hydrogen-bond donors (Lipinski definition) is 0. The van der Waals surface area contributed by atoms with E-state index in [2.05, 4.69) is 13.2 Å². The molecule has 0 N–H and O–H groups in total. The van der Waals surface area contributed by atoms with Crippen LogP contribution in [0.2, 0.25) is 65.5 Å². The molecular formula is C20H44O8Si5. The van der Waals surface area contributed by atoms with Gasteiger partial charge in [0.05, 0.1) is 0 Å². The number of esters is 2. The molecule has 0 atom stereocenters. The van der Waals surface area contributed by atoms with Crippen molar-refractivity contribution in [1.82, 2.24) is 0 Å². The third-order valence-corrected chi connectivity index (χ3v) is 21.7. The topological polar surface area (TPSA) is 89.5 Å². The van der Waals surface area contributed by atoms with Gasteiger partial charge in [-0.2, -0.15) is 0 Å². The molecule has 0 aliphatic carbocycles. The molecule has 0 aliphatic rings. The van der Waals surface area contributed by atoms with Crippen molar-refractivity contribution in [2.24, 2.45) is 0 Å². The molecule has 33 heavy (non-hydrogen) atoms. The molecular weight excluding hydrogens is 509 g/mol. The molecule has 0 aromatic carbocycles. The first kappa shape index (κ1) is 32.3. The van der Waals surface area contributed by atoms with E-state index < -0.39 is 54.3 Å². The summed E-state index contributed by atoms with van der Waals surface area (Å²) < 4.78 is 36.4. The Labute approximate surface area is 205 Å². The Morgan fingerprint density at radius 2 is 0.788 bits per heavy atom. The minimum Gasteiger partial charge on any atom is -0.463 e. The van der Waals surface area contributed by atoms with Crippen LogP contribution in [0.15, 0.2) is 24.3 Å². The molecule has 13 heteroatoms. The fourth-order valence-corrected chi connectivity index (χ4v) is 26.5. The molecule has 0 rings (SSSR count). The zero-order chi connectivity index (χ0) is 26.5. The Bertz CT molecular complexity index is 687. The molecule has 0 saturated carbocycles. The maximum absolute atomic E-state index is 11.7. The van der Waals surface area contributed by atoms with Crippen LogP contribution in [0, 0.1) is 0 Å². The first-order valence-electron chi connectivity index (χ1n) is 10.9. The van der Waals surface area contributed by atoms with E-state index in [1.807, 2.05) is 65.5 Å². The zero-order valence-corrected chi connectivity index (χ0v) is 27.6. The highest BCUT2D eigenvalue weighted by Crippen LogP contribution is 2.26. The zero-order valence-electron chi connectivity index (χ0n) is 22.6. The van der Waals surface area contributed by atoms with Crippen LogP contribution in [-0.2, 0) is 35.5 Å². The summed E-state index contributed by atoms with van der Waals surface area (Å²) in [5.74, 6) is -0.827. The average Bonchev–Trinajstić information content (AvgIpc) is 2.52. The van der Waals surface area contributed by atoms with Gasteiger partial charge in [-0.15, -0.1) is 0 Å². The summed E-state index contributed by atoms with van der Waals surface area (Å²) in [6, 6.07) is 0. The third kappa shape index (κ3) is 14.4. The van der Waals surface area contributed by atoms with Gasteiger partial charge in [-0.05, 0) is 79.3 Å². The number of ether oxygens (including phenoxy) is 2. The van der Waals surface area contributed by atoms with Crippen LogP contribution in [0.25, 0.3) is 0 Å². The van der Waals surface area contributed by atoms with E-state index in [-0.39, 0.29) is 12.5 Å². The standard InChI is InChI=1S/C20H44O8Si5/c1-17(2)19(21)23-15-29(5,6)25-31(9,10)27-33(13,14)28-32(11,12)26-30(7,8)16-24-20(22)18(3)4/h1,3,15-16H2,2,4-14H3. The maximum Gasteiger partial charge on any atom is 0.332 e. The van der Waals surface area contributed by atoms with E-state index in [1.54, 1.807) is 13.8 Å². The number of rotatable bonds is 14. The van der Waals surface area contributed by atoms with Gasteiger partial charge in [0.2, 0.25) is 16.6 Å². The Kier molecular flexibility index (Phi) is 11.6. The third-order valence-electron chi connectivity index (χ3n) is 3.83. The lowest BCUT2D eigenvalue weighted by Gasteiger charge is -2.42. The molecule has 0 saturated heterocycles. The molecule has 0 spiro atoms. The lowest BCUT2D eigenvalue weighted by Crippen LogP contribution is -2.59. The average molecular weight is 553 g/mol. The van der Waals surface area contributed by atoms with Crippen LogP contribution in [0.3, 0.4) is 0 Å². The highest BCUT2D eigenvalue weighted by molar-refractivity contribution is 6.90. The van der Waals surface area contributed by atoms with Crippen molar-refractivity contribution in [3.05, 3.63) is 24.3 Å². The Morgan fingerprint density at radius 1 is 0.545 bits per heavy atom. The van der Waals surface area contributed by atoms with Gasteiger partial charge in [-0.3, -0.25) is 0 Å². The summed E-state index contributed by atoms with van der Waals surface area (Å²) in [6.45, 7) is 30.3. The van der Waals surface area contributed by atoms with Crippen molar-refractivity contribution in [2.45, 2.75) is 79.3 Å². The second-order valence-corrected chi connectivity index (χ2v) is 30.1. The molecule has 0 aromatic rings. The Hall–Kier alpha value is -0.656. The van der Waals surface area contributed by atoms with Crippen molar-refractivity contribution < 1.29 is 35.5 Å². The summed E-state index contributed by atoms with van der Waals surface area (Å²) >= 11 is 0. The fraction of sp³-hybridized carbons (Fsp3) is 0.700. The van der Waals surface area contributed by atoms with Crippen molar-refractivity contribution >= 4 is 54.3 Å². The molecule has 8 nitrogen and oxygen atoms in total. The molecule has 0 aromatic heterocycles. The summed E-state index contributed by atoms with van der Waals surface area (Å²) in [7, 11) is -12.5. The quantitative estimate of drug-likeness (QED) is 0.171. The van der Waals surface area contributed by atoms with Crippen LogP contribution in [0.4, 0.5) is 0 Å². The second-order valence-electron chi connectivity index (χ2n) is 10.8. The summed E-state index contributed by atoms with van der Waals surface area (Å²) in [5, 5.41) is 0. The van der Waals surface area contributed by atoms with Gasteiger partial charge in [0.25, 0.3) is 0 Å². The monoisotopic (exact) mass is 552 g/mol. The van der Waals surface area contributed by atoms with Crippen LogP contribution in [0.5, 0.6) is 0 Å². The smallest absolute Gasteiger partial charge is 0.332 e. The maximum atomic E-state index is 11.7. The molecule has 0 heterocycles. The fourth-order valence-electron chi connectivity index (χ4n) is 3.36. The highest BCUT2D eigenvalue weighted by Gasteiger charge is 2.46. The first-order valence-corrected chi connectivity index (χ1v) is 25.6. The summed E-state index contributed by atoms with van der Waals surface area (Å²) in [5.41, 5.74) is 0.727. The number of hydrogen-bond acceptors (Lipinski definition) is 8. The van der Waals surface area contributed by atoms with E-state index in [9.17, 15) is 9.59 Å². The molecule has 0 amide bonds.